The molecule has 2 aromatic rings. The number of aromatic amines is 1. The fourth-order valence-corrected chi connectivity index (χ4v) is 1.68. The molecule has 2 rings (SSSR count). The highest BCUT2D eigenvalue weighted by Gasteiger charge is 2.30. The normalized spacial score (nSPS) is 13.5. The van der Waals surface area contributed by atoms with Crippen LogP contribution in [0.5, 0.6) is 0 Å². The lowest BCUT2D eigenvalue weighted by Gasteiger charge is -2.13. The maximum atomic E-state index is 12.4. The van der Waals surface area contributed by atoms with Crippen molar-refractivity contribution in [2.45, 2.75) is 18.6 Å². The van der Waals surface area contributed by atoms with E-state index < -0.39 is 11.7 Å². The highest BCUT2D eigenvalue weighted by Crippen LogP contribution is 2.29. The molecule has 1 unspecified atom stereocenters. The van der Waals surface area contributed by atoms with Gasteiger partial charge in [-0.25, -0.2) is 10.4 Å². The van der Waals surface area contributed by atoms with Gasteiger partial charge in [0.25, 0.3) is 0 Å². The topological polar surface area (TPSA) is 79.6 Å². The molecule has 1 aromatic heterocycles. The Balaban J connectivity index is 2.11. The lowest BCUT2D eigenvalue weighted by atomic mass is 10.0. The maximum Gasteiger partial charge on any atom is 0.416 e. The van der Waals surface area contributed by atoms with Crippen LogP contribution >= 0.6 is 0 Å². The predicted molar refractivity (Wildman–Crippen MR) is 61.6 cm³/mol. The average molecular weight is 271 g/mol. The molecule has 5 nitrogen and oxygen atoms in total. The van der Waals surface area contributed by atoms with Gasteiger partial charge in [0.05, 0.1) is 11.6 Å². The molecule has 0 bridgehead atoms. The summed E-state index contributed by atoms with van der Waals surface area (Å²) in [5, 5.41) is 6.36. The monoisotopic (exact) mass is 271 g/mol. The van der Waals surface area contributed by atoms with Gasteiger partial charge in [0.2, 0.25) is 0 Å². The Labute approximate surface area is 107 Å². The summed E-state index contributed by atoms with van der Waals surface area (Å²) in [6, 6.07) is 4.60. The molecular formula is C11H12F3N5. The zero-order valence-electron chi connectivity index (χ0n) is 9.78. The van der Waals surface area contributed by atoms with Crippen molar-refractivity contribution >= 4 is 0 Å². The average Bonchev–Trinajstić information content (AvgIpc) is 2.89. The van der Waals surface area contributed by atoms with E-state index in [0.717, 1.165) is 12.1 Å². The smallest absolute Gasteiger partial charge is 0.271 e. The number of aromatic nitrogens is 3. The fourth-order valence-electron chi connectivity index (χ4n) is 1.68. The van der Waals surface area contributed by atoms with Gasteiger partial charge in [0, 0.05) is 0 Å². The molecule has 0 saturated heterocycles. The van der Waals surface area contributed by atoms with Crippen LogP contribution in [0.25, 0.3) is 0 Å². The Hall–Kier alpha value is -1.93. The largest absolute Gasteiger partial charge is 0.416 e. The third kappa shape index (κ3) is 3.30. The molecule has 4 N–H and O–H groups in total. The van der Waals surface area contributed by atoms with Gasteiger partial charge in [-0.1, -0.05) is 12.1 Å². The number of hydrogen-bond donors (Lipinski definition) is 3. The van der Waals surface area contributed by atoms with Gasteiger partial charge in [-0.15, -0.1) is 0 Å². The molecule has 0 amide bonds. The molecule has 19 heavy (non-hydrogen) atoms. The van der Waals surface area contributed by atoms with Crippen LogP contribution in [-0.4, -0.2) is 15.2 Å². The number of halogens is 3. The minimum absolute atomic E-state index is 0.334. The molecular weight excluding hydrogens is 259 g/mol. The van der Waals surface area contributed by atoms with Gasteiger partial charge in [0.15, 0.2) is 0 Å². The second-order valence-corrected chi connectivity index (χ2v) is 3.99. The summed E-state index contributed by atoms with van der Waals surface area (Å²) >= 11 is 0. The number of benzene rings is 1. The standard InChI is InChI=1S/C11H12F3N5/c12-11(13,14)8-3-1-7(2-4-8)5-9(18-15)10-16-6-17-19-10/h1-4,6,9,18H,5,15H2,(H,16,17,19). The molecule has 8 heteroatoms. The summed E-state index contributed by atoms with van der Waals surface area (Å²) < 4.78 is 37.2. The highest BCUT2D eigenvalue weighted by molar-refractivity contribution is 5.25. The first-order valence-electron chi connectivity index (χ1n) is 5.48. The SMILES string of the molecule is NNC(Cc1ccc(C(F)(F)F)cc1)c1ncn[nH]1. The number of H-pyrrole nitrogens is 1. The number of nitrogens with one attached hydrogen (secondary N) is 2. The van der Waals surface area contributed by atoms with E-state index in [2.05, 4.69) is 20.6 Å². The summed E-state index contributed by atoms with van der Waals surface area (Å²) in [5.74, 6) is 5.92. The number of rotatable bonds is 4. The van der Waals surface area contributed by atoms with E-state index in [0.29, 0.717) is 17.8 Å². The van der Waals surface area contributed by atoms with Crippen molar-refractivity contribution in [1.29, 1.82) is 0 Å². The Bertz CT molecular complexity index is 506. The summed E-state index contributed by atoms with van der Waals surface area (Å²) in [6.07, 6.45) is -2.58. The molecule has 0 spiro atoms. The van der Waals surface area contributed by atoms with E-state index in [1.807, 2.05) is 0 Å². The van der Waals surface area contributed by atoms with E-state index >= 15 is 0 Å². The van der Waals surface area contributed by atoms with Crippen molar-refractivity contribution in [1.82, 2.24) is 20.6 Å². The minimum atomic E-state index is -4.32. The Morgan fingerprint density at radius 3 is 2.42 bits per heavy atom. The molecule has 1 heterocycles. The third-order valence-electron chi connectivity index (χ3n) is 2.69. The van der Waals surface area contributed by atoms with Crippen LogP contribution < -0.4 is 11.3 Å². The first-order chi connectivity index (χ1) is 9.00. The highest BCUT2D eigenvalue weighted by atomic mass is 19.4. The number of hydrazine groups is 1. The van der Waals surface area contributed by atoms with Crippen LogP contribution in [0.2, 0.25) is 0 Å². The van der Waals surface area contributed by atoms with E-state index in [1.54, 1.807) is 0 Å². The zero-order chi connectivity index (χ0) is 13.9. The van der Waals surface area contributed by atoms with Gasteiger partial charge in [0.1, 0.15) is 12.2 Å². The van der Waals surface area contributed by atoms with Crippen molar-refractivity contribution in [2.24, 2.45) is 5.84 Å². The van der Waals surface area contributed by atoms with Crippen LogP contribution in [0.4, 0.5) is 13.2 Å². The van der Waals surface area contributed by atoms with Crippen molar-refractivity contribution in [3.8, 4) is 0 Å². The third-order valence-corrected chi connectivity index (χ3v) is 2.69. The molecule has 0 aliphatic heterocycles. The summed E-state index contributed by atoms with van der Waals surface area (Å²) in [5.41, 5.74) is 2.58. The summed E-state index contributed by atoms with van der Waals surface area (Å²) in [6.45, 7) is 0. The van der Waals surface area contributed by atoms with Crippen LogP contribution in [0, 0.1) is 0 Å². The molecule has 1 aromatic carbocycles. The van der Waals surface area contributed by atoms with Crippen LogP contribution in [0.3, 0.4) is 0 Å². The van der Waals surface area contributed by atoms with Gasteiger partial charge in [-0.2, -0.15) is 18.3 Å². The van der Waals surface area contributed by atoms with Gasteiger partial charge >= 0.3 is 6.18 Å². The summed E-state index contributed by atoms with van der Waals surface area (Å²) in [4.78, 5) is 3.95. The van der Waals surface area contributed by atoms with E-state index in [9.17, 15) is 13.2 Å². The zero-order valence-corrected chi connectivity index (χ0v) is 9.78. The summed E-state index contributed by atoms with van der Waals surface area (Å²) in [7, 11) is 0. The Morgan fingerprint density at radius 2 is 1.95 bits per heavy atom. The van der Waals surface area contributed by atoms with Crippen molar-refractivity contribution in [3.05, 3.63) is 47.5 Å². The van der Waals surface area contributed by atoms with Gasteiger partial charge in [-0.3, -0.25) is 10.9 Å². The first kappa shape index (κ1) is 13.5. The van der Waals surface area contributed by atoms with Crippen molar-refractivity contribution < 1.29 is 13.2 Å². The minimum Gasteiger partial charge on any atom is -0.271 e. The maximum absolute atomic E-state index is 12.4. The van der Waals surface area contributed by atoms with E-state index in [4.69, 9.17) is 5.84 Å². The number of hydrogen-bond acceptors (Lipinski definition) is 4. The van der Waals surface area contributed by atoms with Crippen molar-refractivity contribution in [2.75, 3.05) is 0 Å². The van der Waals surface area contributed by atoms with Gasteiger partial charge in [-0.05, 0) is 24.1 Å². The van der Waals surface area contributed by atoms with Crippen LogP contribution in [-0.2, 0) is 12.6 Å². The number of alkyl halides is 3. The Morgan fingerprint density at radius 1 is 1.26 bits per heavy atom. The first-order valence-corrected chi connectivity index (χ1v) is 5.48. The van der Waals surface area contributed by atoms with Crippen LogP contribution in [0.1, 0.15) is 23.0 Å². The molecule has 0 radical (unpaired) electrons. The molecule has 102 valence electrons. The number of nitrogens with zero attached hydrogens (tertiary/aromatic N) is 2. The van der Waals surface area contributed by atoms with Crippen LogP contribution in [0.15, 0.2) is 30.6 Å². The molecule has 0 fully saturated rings. The number of nitrogens with two attached hydrogens (primary N) is 1. The molecule has 1 atom stereocenters. The molecule has 0 saturated carbocycles. The second kappa shape index (κ2) is 5.37. The second-order valence-electron chi connectivity index (χ2n) is 3.99. The van der Waals surface area contributed by atoms with E-state index in [1.165, 1.54) is 18.5 Å². The lowest BCUT2D eigenvalue weighted by Crippen LogP contribution is -2.30. The quantitative estimate of drug-likeness (QED) is 0.582. The Kier molecular flexibility index (Phi) is 3.82. The van der Waals surface area contributed by atoms with Gasteiger partial charge < -0.3 is 0 Å². The fraction of sp³-hybridized carbons (Fsp3) is 0.273. The van der Waals surface area contributed by atoms with E-state index in [-0.39, 0.29) is 6.04 Å². The lowest BCUT2D eigenvalue weighted by molar-refractivity contribution is -0.137. The molecule has 0 aliphatic carbocycles. The predicted octanol–water partition coefficient (Wildman–Crippen LogP) is 1.57. The van der Waals surface area contributed by atoms with Crippen molar-refractivity contribution in [3.63, 3.8) is 0 Å². The molecule has 0 aliphatic rings.